The fraction of sp³-hybridized carbons (Fsp3) is 0.500. The van der Waals surface area contributed by atoms with Gasteiger partial charge in [-0.15, -0.1) is 11.3 Å². The molecule has 15 heteroatoms. The van der Waals surface area contributed by atoms with Gasteiger partial charge in [-0.05, 0) is 48.8 Å². The maximum absolute atomic E-state index is 13.4. The number of nitrogens with two attached hydrogens (primary N) is 2. The SMILES string of the molecule is CC(C)C[C@H](NC(=O)NCc1ccc(Cl)c(Cl)c1)C(=O)N[C@H](C(=O)N[C@@H](CCCN=C(N)N)C(=O)c1nccs1)C(C)C. The van der Waals surface area contributed by atoms with E-state index in [-0.39, 0.29) is 48.1 Å². The van der Waals surface area contributed by atoms with Crippen molar-refractivity contribution in [3.8, 4) is 0 Å². The fourth-order valence-electron chi connectivity index (χ4n) is 4.06. The lowest BCUT2D eigenvalue weighted by Crippen LogP contribution is -2.58. The molecule has 0 radical (unpaired) electrons. The molecule has 0 spiro atoms. The summed E-state index contributed by atoms with van der Waals surface area (Å²) in [6.07, 6.45) is 2.52. The van der Waals surface area contributed by atoms with E-state index in [2.05, 4.69) is 31.2 Å². The Kier molecular flexibility index (Phi) is 14.7. The van der Waals surface area contributed by atoms with Crippen LogP contribution < -0.4 is 32.7 Å². The topological polar surface area (TPSA) is 194 Å². The van der Waals surface area contributed by atoms with Crippen LogP contribution in [0.5, 0.6) is 0 Å². The number of nitrogens with one attached hydrogen (secondary N) is 4. The van der Waals surface area contributed by atoms with Gasteiger partial charge in [0.1, 0.15) is 12.1 Å². The number of thiazole rings is 1. The van der Waals surface area contributed by atoms with E-state index in [4.69, 9.17) is 34.7 Å². The van der Waals surface area contributed by atoms with Crippen molar-refractivity contribution in [1.82, 2.24) is 26.3 Å². The van der Waals surface area contributed by atoms with E-state index < -0.39 is 36.0 Å². The number of guanidine groups is 1. The van der Waals surface area contributed by atoms with Gasteiger partial charge in [-0.25, -0.2) is 9.78 Å². The zero-order valence-corrected chi connectivity index (χ0v) is 27.0. The van der Waals surface area contributed by atoms with Crippen molar-refractivity contribution in [3.05, 3.63) is 50.4 Å². The highest BCUT2D eigenvalue weighted by atomic mass is 35.5. The number of hydrogen-bond acceptors (Lipinski definition) is 7. The molecule has 0 bridgehead atoms. The molecule has 12 nitrogen and oxygen atoms in total. The number of hydrogen-bond donors (Lipinski definition) is 6. The second-order valence-corrected chi connectivity index (χ2v) is 12.4. The van der Waals surface area contributed by atoms with Gasteiger partial charge in [-0.1, -0.05) is 57.0 Å². The number of aromatic nitrogens is 1. The van der Waals surface area contributed by atoms with Gasteiger partial charge in [-0.2, -0.15) is 0 Å². The number of urea groups is 1. The Morgan fingerprint density at radius 1 is 0.977 bits per heavy atom. The molecule has 1 heterocycles. The van der Waals surface area contributed by atoms with Crippen LogP contribution in [0, 0.1) is 11.8 Å². The van der Waals surface area contributed by atoms with Crippen molar-refractivity contribution in [2.75, 3.05) is 6.54 Å². The summed E-state index contributed by atoms with van der Waals surface area (Å²) in [6, 6.07) is 1.63. The molecule has 0 aliphatic heterocycles. The van der Waals surface area contributed by atoms with Gasteiger partial charge in [0.2, 0.25) is 17.6 Å². The molecule has 236 valence electrons. The lowest BCUT2D eigenvalue weighted by atomic mass is 9.99. The summed E-state index contributed by atoms with van der Waals surface area (Å²) < 4.78 is 0. The van der Waals surface area contributed by atoms with Gasteiger partial charge in [0, 0.05) is 24.7 Å². The molecule has 1 aromatic carbocycles. The van der Waals surface area contributed by atoms with Crippen LogP contribution >= 0.6 is 34.5 Å². The van der Waals surface area contributed by atoms with E-state index in [0.717, 1.165) is 5.56 Å². The highest BCUT2D eigenvalue weighted by molar-refractivity contribution is 7.11. The van der Waals surface area contributed by atoms with Crippen molar-refractivity contribution in [3.63, 3.8) is 0 Å². The van der Waals surface area contributed by atoms with E-state index in [1.807, 2.05) is 13.8 Å². The third-order valence-corrected chi connectivity index (χ3v) is 7.76. The molecule has 3 atom stereocenters. The number of amides is 4. The smallest absolute Gasteiger partial charge is 0.315 e. The predicted octanol–water partition coefficient (Wildman–Crippen LogP) is 3.23. The summed E-state index contributed by atoms with van der Waals surface area (Å²) in [6.45, 7) is 7.82. The minimum atomic E-state index is -0.979. The average molecular weight is 656 g/mol. The van der Waals surface area contributed by atoms with Gasteiger partial charge in [0.25, 0.3) is 0 Å². The van der Waals surface area contributed by atoms with Crippen LogP contribution in [0.25, 0.3) is 0 Å². The second kappa shape index (κ2) is 17.6. The standard InChI is InChI=1S/C28H40Cl2N8O4S/c1-15(2)12-21(37-28(42)35-14-17-7-8-18(29)19(30)13-17)24(40)38-22(16(3)4)25(41)36-20(6-5-9-34-27(31)32)23(39)26-33-10-11-43-26/h7-8,10-11,13,15-16,20-22H,5-6,9,12,14H2,1-4H3,(H,36,41)(H,38,40)(H4,31,32,34)(H2,35,37,42)/t20-,21-,22-/m0/s1. The van der Waals surface area contributed by atoms with Crippen molar-refractivity contribution in [2.45, 2.75) is 71.6 Å². The lowest BCUT2D eigenvalue weighted by Gasteiger charge is -2.27. The average Bonchev–Trinajstić information content (AvgIpc) is 3.47. The van der Waals surface area contributed by atoms with E-state index >= 15 is 0 Å². The number of carbonyl (C=O) groups excluding carboxylic acids is 4. The first kappa shape index (κ1) is 35.8. The summed E-state index contributed by atoms with van der Waals surface area (Å²) >= 11 is 13.2. The quantitative estimate of drug-likeness (QED) is 0.0692. The number of carbonyl (C=O) groups is 4. The molecule has 43 heavy (non-hydrogen) atoms. The fourth-order valence-corrected chi connectivity index (χ4v) is 5.01. The molecule has 0 fully saturated rings. The van der Waals surface area contributed by atoms with Gasteiger partial charge in [0.15, 0.2) is 11.0 Å². The number of halogens is 2. The van der Waals surface area contributed by atoms with Gasteiger partial charge < -0.3 is 32.7 Å². The highest BCUT2D eigenvalue weighted by Crippen LogP contribution is 2.22. The summed E-state index contributed by atoms with van der Waals surface area (Å²) in [7, 11) is 0. The van der Waals surface area contributed by atoms with E-state index in [1.165, 1.54) is 17.5 Å². The summed E-state index contributed by atoms with van der Waals surface area (Å²) in [5.74, 6) is -1.75. The first-order valence-corrected chi connectivity index (χ1v) is 15.5. The van der Waals surface area contributed by atoms with Gasteiger partial charge in [-0.3, -0.25) is 19.4 Å². The van der Waals surface area contributed by atoms with Crippen LogP contribution in [0.1, 0.15) is 62.3 Å². The van der Waals surface area contributed by atoms with E-state index in [0.29, 0.717) is 22.9 Å². The number of ketones is 1. The Hall–Kier alpha value is -3.42. The Bertz CT molecular complexity index is 1270. The molecule has 4 amide bonds. The molecular weight excluding hydrogens is 615 g/mol. The van der Waals surface area contributed by atoms with Crippen molar-refractivity contribution >= 4 is 64.1 Å². The zero-order chi connectivity index (χ0) is 32.1. The van der Waals surface area contributed by atoms with Gasteiger partial charge >= 0.3 is 6.03 Å². The number of Topliss-reactive ketones (excluding diaryl/α,β-unsaturated/α-hetero) is 1. The first-order chi connectivity index (χ1) is 20.3. The molecular formula is C28H40Cl2N8O4S. The molecule has 0 aliphatic carbocycles. The Labute approximate surface area is 265 Å². The zero-order valence-electron chi connectivity index (χ0n) is 24.7. The molecule has 0 unspecified atom stereocenters. The maximum atomic E-state index is 13.4. The predicted molar refractivity (Wildman–Crippen MR) is 170 cm³/mol. The van der Waals surface area contributed by atoms with Crippen molar-refractivity contribution in [1.29, 1.82) is 0 Å². The van der Waals surface area contributed by atoms with E-state index in [1.54, 1.807) is 37.4 Å². The molecule has 1 aromatic heterocycles. The van der Waals surface area contributed by atoms with Gasteiger partial charge in [0.05, 0.1) is 16.1 Å². The highest BCUT2D eigenvalue weighted by Gasteiger charge is 2.32. The Balaban J connectivity index is 2.10. The minimum Gasteiger partial charge on any atom is -0.370 e. The largest absolute Gasteiger partial charge is 0.370 e. The molecule has 0 aliphatic rings. The number of aliphatic imine (C=N–C) groups is 1. The third kappa shape index (κ3) is 12.4. The van der Waals surface area contributed by atoms with Crippen LogP contribution in [0.4, 0.5) is 4.79 Å². The van der Waals surface area contributed by atoms with Crippen LogP contribution in [0.2, 0.25) is 10.0 Å². The molecule has 2 aromatic rings. The number of rotatable bonds is 16. The molecule has 2 rings (SSSR count). The number of nitrogens with zero attached hydrogens (tertiary/aromatic N) is 2. The Morgan fingerprint density at radius 3 is 2.28 bits per heavy atom. The first-order valence-electron chi connectivity index (χ1n) is 13.9. The third-order valence-electron chi connectivity index (χ3n) is 6.23. The summed E-state index contributed by atoms with van der Waals surface area (Å²) in [5, 5.41) is 13.6. The van der Waals surface area contributed by atoms with Crippen molar-refractivity contribution in [2.24, 2.45) is 28.3 Å². The van der Waals surface area contributed by atoms with Crippen LogP contribution in [-0.2, 0) is 16.1 Å². The van der Waals surface area contributed by atoms with Crippen molar-refractivity contribution < 1.29 is 19.2 Å². The molecule has 0 saturated heterocycles. The number of benzene rings is 1. The van der Waals surface area contributed by atoms with E-state index in [9.17, 15) is 19.2 Å². The monoisotopic (exact) mass is 654 g/mol. The Morgan fingerprint density at radius 2 is 1.70 bits per heavy atom. The second-order valence-electron chi connectivity index (χ2n) is 10.7. The lowest BCUT2D eigenvalue weighted by molar-refractivity contribution is -0.131. The molecule has 8 N–H and O–H groups in total. The van der Waals surface area contributed by atoms with Crippen LogP contribution in [-0.4, -0.2) is 59.2 Å². The van der Waals surface area contributed by atoms with Crippen LogP contribution in [0.3, 0.4) is 0 Å². The molecule has 0 saturated carbocycles. The van der Waals surface area contributed by atoms with Crippen LogP contribution in [0.15, 0.2) is 34.8 Å². The minimum absolute atomic E-state index is 0.0583. The maximum Gasteiger partial charge on any atom is 0.315 e. The summed E-state index contributed by atoms with van der Waals surface area (Å²) in [5.41, 5.74) is 11.5. The normalized spacial score (nSPS) is 13.1. The summed E-state index contributed by atoms with van der Waals surface area (Å²) in [4.78, 5) is 60.7.